The Labute approximate surface area is 157 Å². The largest absolute Gasteiger partial charge is 0.341 e. The minimum Gasteiger partial charge on any atom is -0.341 e. The summed E-state index contributed by atoms with van der Waals surface area (Å²) < 4.78 is 0. The fourth-order valence-electron chi connectivity index (χ4n) is 6.73. The van der Waals surface area contributed by atoms with Gasteiger partial charge in [-0.2, -0.15) is 0 Å². The van der Waals surface area contributed by atoms with Gasteiger partial charge in [0.15, 0.2) is 0 Å². The number of carbonyl (C=O) groups excluding carboxylic acids is 1. The number of rotatable bonds is 3. The maximum absolute atomic E-state index is 13.4. The summed E-state index contributed by atoms with van der Waals surface area (Å²) in [5, 5.41) is 0. The van der Waals surface area contributed by atoms with E-state index in [4.69, 9.17) is 0 Å². The molecule has 0 aromatic heterocycles. The summed E-state index contributed by atoms with van der Waals surface area (Å²) in [7, 11) is 0. The quantitative estimate of drug-likeness (QED) is 0.826. The van der Waals surface area contributed by atoms with Gasteiger partial charge in [0.2, 0.25) is 5.91 Å². The van der Waals surface area contributed by atoms with Gasteiger partial charge in [-0.25, -0.2) is 0 Å². The molecule has 140 valence electrons. The minimum atomic E-state index is 0.364. The molecule has 3 nitrogen and oxygen atoms in total. The predicted molar refractivity (Wildman–Crippen MR) is 103 cm³/mol. The highest BCUT2D eigenvalue weighted by Gasteiger charge is 2.51. The lowest BCUT2D eigenvalue weighted by Gasteiger charge is -2.54. The van der Waals surface area contributed by atoms with Crippen molar-refractivity contribution in [1.29, 1.82) is 0 Å². The zero-order valence-electron chi connectivity index (χ0n) is 15.9. The molecule has 26 heavy (non-hydrogen) atoms. The van der Waals surface area contributed by atoms with Crippen molar-refractivity contribution < 1.29 is 4.79 Å². The molecule has 1 amide bonds. The normalized spacial score (nSPS) is 36.9. The van der Waals surface area contributed by atoms with E-state index in [1.54, 1.807) is 0 Å². The Morgan fingerprint density at radius 2 is 1.54 bits per heavy atom. The molecular weight excluding hydrogens is 320 g/mol. The molecule has 1 heterocycles. The first-order valence-corrected chi connectivity index (χ1v) is 10.8. The maximum atomic E-state index is 13.4. The SMILES string of the molecule is O=C(C1C2CC3CC(C2)CC1C3)N1CCCN(Cc2ccccc2)CC1. The first kappa shape index (κ1) is 16.8. The first-order valence-electron chi connectivity index (χ1n) is 10.8. The molecule has 1 aliphatic heterocycles. The van der Waals surface area contributed by atoms with Gasteiger partial charge in [0.1, 0.15) is 0 Å². The van der Waals surface area contributed by atoms with Crippen molar-refractivity contribution >= 4 is 5.91 Å². The zero-order chi connectivity index (χ0) is 17.5. The number of hydrogen-bond donors (Lipinski definition) is 0. The molecule has 0 atom stereocenters. The maximum Gasteiger partial charge on any atom is 0.226 e. The Bertz CT molecular complexity index is 615. The van der Waals surface area contributed by atoms with Crippen molar-refractivity contribution in [3.63, 3.8) is 0 Å². The molecule has 0 radical (unpaired) electrons. The third-order valence-electron chi connectivity index (χ3n) is 7.66. The van der Waals surface area contributed by atoms with Crippen molar-refractivity contribution in [1.82, 2.24) is 9.80 Å². The van der Waals surface area contributed by atoms with Crippen LogP contribution in [0.25, 0.3) is 0 Å². The van der Waals surface area contributed by atoms with Gasteiger partial charge >= 0.3 is 0 Å². The molecule has 4 bridgehead atoms. The third-order valence-corrected chi connectivity index (χ3v) is 7.66. The first-order chi connectivity index (χ1) is 12.8. The monoisotopic (exact) mass is 352 g/mol. The number of amides is 1. The van der Waals surface area contributed by atoms with E-state index in [0.29, 0.717) is 23.7 Å². The summed E-state index contributed by atoms with van der Waals surface area (Å²) in [5.74, 6) is 4.20. The van der Waals surface area contributed by atoms with Gasteiger partial charge in [0.25, 0.3) is 0 Å². The molecule has 5 aliphatic rings. The molecule has 4 saturated carbocycles. The average molecular weight is 353 g/mol. The summed E-state index contributed by atoms with van der Waals surface area (Å²) >= 11 is 0. The van der Waals surface area contributed by atoms with Crippen molar-refractivity contribution in [3.8, 4) is 0 Å². The van der Waals surface area contributed by atoms with Crippen LogP contribution in [0.15, 0.2) is 30.3 Å². The van der Waals surface area contributed by atoms with Crippen LogP contribution in [-0.2, 0) is 11.3 Å². The second-order valence-electron chi connectivity index (χ2n) is 9.40. The van der Waals surface area contributed by atoms with Crippen molar-refractivity contribution in [3.05, 3.63) is 35.9 Å². The van der Waals surface area contributed by atoms with Crippen LogP contribution in [0.3, 0.4) is 0 Å². The molecule has 5 fully saturated rings. The van der Waals surface area contributed by atoms with E-state index in [9.17, 15) is 4.79 Å². The zero-order valence-corrected chi connectivity index (χ0v) is 15.9. The molecule has 1 aromatic carbocycles. The number of hydrogen-bond acceptors (Lipinski definition) is 2. The van der Waals surface area contributed by atoms with Crippen LogP contribution in [0.2, 0.25) is 0 Å². The van der Waals surface area contributed by atoms with Gasteiger partial charge in [0, 0.05) is 38.6 Å². The van der Waals surface area contributed by atoms with Crippen molar-refractivity contribution in [2.45, 2.75) is 45.1 Å². The molecule has 3 heteroatoms. The highest BCUT2D eigenvalue weighted by Crippen LogP contribution is 2.56. The van der Waals surface area contributed by atoms with Crippen LogP contribution in [0, 0.1) is 29.6 Å². The standard InChI is InChI=1S/C23H32N2O/c26-23(22-20-12-18-11-19(14-20)15-21(22)13-18)25-8-4-7-24(9-10-25)16-17-5-2-1-3-6-17/h1-3,5-6,18-22H,4,7-16H2. The number of nitrogens with zero attached hydrogens (tertiary/aromatic N) is 2. The van der Waals surface area contributed by atoms with E-state index >= 15 is 0 Å². The summed E-state index contributed by atoms with van der Waals surface area (Å²) in [4.78, 5) is 18.2. The predicted octanol–water partition coefficient (Wildman–Crippen LogP) is 3.79. The molecule has 0 N–H and O–H groups in total. The van der Waals surface area contributed by atoms with E-state index < -0.39 is 0 Å². The molecule has 6 rings (SSSR count). The topological polar surface area (TPSA) is 23.6 Å². The lowest BCUT2D eigenvalue weighted by molar-refractivity contribution is -0.149. The van der Waals surface area contributed by atoms with Crippen LogP contribution in [-0.4, -0.2) is 41.9 Å². The van der Waals surface area contributed by atoms with Crippen LogP contribution >= 0.6 is 0 Å². The van der Waals surface area contributed by atoms with E-state index in [0.717, 1.165) is 51.0 Å². The smallest absolute Gasteiger partial charge is 0.226 e. The Hall–Kier alpha value is -1.35. The second kappa shape index (κ2) is 6.99. The molecule has 0 unspecified atom stereocenters. The van der Waals surface area contributed by atoms with Gasteiger partial charge < -0.3 is 4.90 Å². The van der Waals surface area contributed by atoms with Crippen LogP contribution < -0.4 is 0 Å². The molecule has 1 aromatic rings. The fourth-order valence-corrected chi connectivity index (χ4v) is 6.73. The third kappa shape index (κ3) is 3.19. The van der Waals surface area contributed by atoms with Crippen LogP contribution in [0.4, 0.5) is 0 Å². The van der Waals surface area contributed by atoms with Crippen LogP contribution in [0.5, 0.6) is 0 Å². The molecular formula is C23H32N2O. The molecule has 4 aliphatic carbocycles. The average Bonchev–Trinajstić information content (AvgIpc) is 2.87. The second-order valence-corrected chi connectivity index (χ2v) is 9.40. The van der Waals surface area contributed by atoms with Gasteiger partial charge in [-0.05, 0) is 67.8 Å². The summed E-state index contributed by atoms with van der Waals surface area (Å²) in [5.41, 5.74) is 1.38. The Morgan fingerprint density at radius 3 is 2.23 bits per heavy atom. The van der Waals surface area contributed by atoms with Crippen molar-refractivity contribution in [2.75, 3.05) is 26.2 Å². The van der Waals surface area contributed by atoms with E-state index in [1.807, 2.05) is 0 Å². The van der Waals surface area contributed by atoms with Gasteiger partial charge in [0.05, 0.1) is 0 Å². The highest BCUT2D eigenvalue weighted by atomic mass is 16.2. The fraction of sp³-hybridized carbons (Fsp3) is 0.696. The summed E-state index contributed by atoms with van der Waals surface area (Å²) in [6, 6.07) is 10.7. The summed E-state index contributed by atoms with van der Waals surface area (Å²) in [6.45, 7) is 5.04. The Morgan fingerprint density at radius 1 is 0.846 bits per heavy atom. The number of benzene rings is 1. The molecule has 0 spiro atoms. The lowest BCUT2D eigenvalue weighted by atomic mass is 9.51. The Kier molecular flexibility index (Phi) is 4.52. The number of carbonyl (C=O) groups is 1. The molecule has 1 saturated heterocycles. The van der Waals surface area contributed by atoms with E-state index in [1.165, 1.54) is 37.7 Å². The highest BCUT2D eigenvalue weighted by molar-refractivity contribution is 5.80. The van der Waals surface area contributed by atoms with E-state index in [-0.39, 0.29) is 0 Å². The van der Waals surface area contributed by atoms with Gasteiger partial charge in [-0.1, -0.05) is 30.3 Å². The summed E-state index contributed by atoms with van der Waals surface area (Å²) in [6.07, 6.45) is 7.96. The Balaban J connectivity index is 1.22. The van der Waals surface area contributed by atoms with Gasteiger partial charge in [-0.15, -0.1) is 0 Å². The lowest BCUT2D eigenvalue weighted by Crippen LogP contribution is -2.52. The van der Waals surface area contributed by atoms with E-state index in [2.05, 4.69) is 40.1 Å². The minimum absolute atomic E-state index is 0.364. The van der Waals surface area contributed by atoms with Crippen molar-refractivity contribution in [2.24, 2.45) is 29.6 Å². The van der Waals surface area contributed by atoms with Crippen LogP contribution in [0.1, 0.15) is 44.1 Å². The van der Waals surface area contributed by atoms with Gasteiger partial charge in [-0.3, -0.25) is 9.69 Å².